The van der Waals surface area contributed by atoms with Crippen LogP contribution in [0.3, 0.4) is 0 Å². The van der Waals surface area contributed by atoms with E-state index in [-0.39, 0.29) is 5.84 Å². The lowest BCUT2D eigenvalue weighted by Gasteiger charge is -2.07. The first-order valence-corrected chi connectivity index (χ1v) is 9.92. The summed E-state index contributed by atoms with van der Waals surface area (Å²) < 4.78 is 0. The molecule has 0 unspecified atom stereocenters. The minimum absolute atomic E-state index is 0.239. The Morgan fingerprint density at radius 1 is 1.03 bits per heavy atom. The van der Waals surface area contributed by atoms with Crippen LogP contribution in [-0.2, 0) is 6.42 Å². The van der Waals surface area contributed by atoms with E-state index in [2.05, 4.69) is 57.5 Å². The fourth-order valence-corrected chi connectivity index (χ4v) is 3.95. The van der Waals surface area contributed by atoms with Crippen LogP contribution in [0.4, 0.5) is 0 Å². The zero-order valence-corrected chi connectivity index (χ0v) is 16.1. The monoisotopic (exact) mass is 381 g/mol. The number of hydrazone groups is 1. The zero-order valence-electron chi connectivity index (χ0n) is 16.1. The minimum atomic E-state index is 0.239. The molecule has 2 aromatic heterocycles. The average Bonchev–Trinajstić information content (AvgIpc) is 3.56. The molecule has 1 aliphatic carbocycles. The van der Waals surface area contributed by atoms with Crippen LogP contribution in [0.15, 0.2) is 71.8 Å². The number of hydrogen-bond donors (Lipinski definition) is 3. The third-order valence-corrected chi connectivity index (χ3v) is 5.61. The van der Waals surface area contributed by atoms with E-state index in [1.165, 1.54) is 40.4 Å². The molecule has 1 saturated carbocycles. The smallest absolute Gasteiger partial charge is 0.168 e. The van der Waals surface area contributed by atoms with Gasteiger partial charge in [-0.3, -0.25) is 0 Å². The Hall–Kier alpha value is -3.60. The van der Waals surface area contributed by atoms with Crippen LogP contribution in [0, 0.1) is 0 Å². The maximum absolute atomic E-state index is 5.86. The van der Waals surface area contributed by atoms with Gasteiger partial charge in [0.15, 0.2) is 5.84 Å². The molecule has 4 aromatic rings. The molecule has 5 heteroatoms. The molecule has 0 atom stereocenters. The molecule has 0 aliphatic heterocycles. The van der Waals surface area contributed by atoms with Gasteiger partial charge in [-0.05, 0) is 53.6 Å². The van der Waals surface area contributed by atoms with Crippen LogP contribution in [0.25, 0.3) is 22.2 Å². The van der Waals surface area contributed by atoms with Crippen molar-refractivity contribution in [2.45, 2.75) is 25.2 Å². The molecule has 2 heterocycles. The molecule has 5 nitrogen and oxygen atoms in total. The summed E-state index contributed by atoms with van der Waals surface area (Å²) in [4.78, 5) is 8.34. The largest absolute Gasteiger partial charge is 0.380 e. The first kappa shape index (κ1) is 17.5. The summed E-state index contributed by atoms with van der Waals surface area (Å²) in [6.07, 6.45) is 3.29. The minimum Gasteiger partial charge on any atom is -0.380 e. The van der Waals surface area contributed by atoms with E-state index in [0.717, 1.165) is 17.3 Å². The molecular formula is C24H23N5. The zero-order chi connectivity index (χ0) is 19.8. The highest BCUT2D eigenvalue weighted by Gasteiger charge is 2.24. The van der Waals surface area contributed by atoms with Gasteiger partial charge in [-0.1, -0.05) is 48.5 Å². The van der Waals surface area contributed by atoms with Crippen molar-refractivity contribution in [3.8, 4) is 11.3 Å². The van der Waals surface area contributed by atoms with E-state index >= 15 is 0 Å². The van der Waals surface area contributed by atoms with Crippen LogP contribution >= 0.6 is 0 Å². The average molecular weight is 381 g/mol. The van der Waals surface area contributed by atoms with Gasteiger partial charge in [0.05, 0.1) is 5.69 Å². The lowest BCUT2D eigenvalue weighted by Crippen LogP contribution is -2.17. The third kappa shape index (κ3) is 3.36. The second kappa shape index (κ2) is 7.09. The predicted molar refractivity (Wildman–Crippen MR) is 118 cm³/mol. The molecule has 144 valence electrons. The van der Waals surface area contributed by atoms with E-state index in [1.807, 2.05) is 24.3 Å². The lowest BCUT2D eigenvalue weighted by molar-refractivity contribution is 1.07. The van der Waals surface area contributed by atoms with Crippen molar-refractivity contribution >= 4 is 16.7 Å². The number of benzene rings is 2. The van der Waals surface area contributed by atoms with Crippen molar-refractivity contribution in [2.24, 2.45) is 16.7 Å². The van der Waals surface area contributed by atoms with Gasteiger partial charge in [-0.2, -0.15) is 5.10 Å². The molecule has 1 aliphatic rings. The van der Waals surface area contributed by atoms with E-state index in [4.69, 9.17) is 11.6 Å². The number of H-pyrrole nitrogens is 1. The Labute approximate surface area is 169 Å². The number of nitrogens with two attached hydrogens (primary N) is 2. The molecule has 0 spiro atoms. The number of hydrogen-bond acceptors (Lipinski definition) is 3. The fourth-order valence-electron chi connectivity index (χ4n) is 3.95. The van der Waals surface area contributed by atoms with Gasteiger partial charge in [0, 0.05) is 23.0 Å². The van der Waals surface area contributed by atoms with Crippen LogP contribution in [-0.4, -0.2) is 15.8 Å². The Morgan fingerprint density at radius 3 is 2.62 bits per heavy atom. The molecule has 1 fully saturated rings. The number of amidine groups is 1. The molecule has 2 aromatic carbocycles. The lowest BCUT2D eigenvalue weighted by atomic mass is 9.99. The molecule has 5 rings (SSSR count). The standard InChI is InChI=1S/C24H23N5/c25-24(29-26)21-8-4-7-18(27-21)14-20-19-12-11-17(15-9-10-15)13-22(19)28-23(20)16-5-2-1-3-6-16/h1-8,11-13,15,28H,9-10,14,26H2,(H2,25,29). The van der Waals surface area contributed by atoms with Crippen LogP contribution < -0.4 is 11.6 Å². The maximum Gasteiger partial charge on any atom is 0.168 e. The molecular weight excluding hydrogens is 358 g/mol. The van der Waals surface area contributed by atoms with Gasteiger partial charge in [0.1, 0.15) is 5.69 Å². The summed E-state index contributed by atoms with van der Waals surface area (Å²) in [5.41, 5.74) is 13.5. The summed E-state index contributed by atoms with van der Waals surface area (Å²) in [6.45, 7) is 0. The van der Waals surface area contributed by atoms with Crippen molar-refractivity contribution in [1.82, 2.24) is 9.97 Å². The number of nitrogens with zero attached hydrogens (tertiary/aromatic N) is 2. The van der Waals surface area contributed by atoms with E-state index in [9.17, 15) is 0 Å². The molecule has 0 saturated heterocycles. The second-order valence-corrected chi connectivity index (χ2v) is 7.63. The molecule has 29 heavy (non-hydrogen) atoms. The highest BCUT2D eigenvalue weighted by Crippen LogP contribution is 2.42. The number of pyridine rings is 1. The summed E-state index contributed by atoms with van der Waals surface area (Å²) in [6, 6.07) is 23.1. The van der Waals surface area contributed by atoms with E-state index < -0.39 is 0 Å². The number of rotatable bonds is 5. The Morgan fingerprint density at radius 2 is 1.86 bits per heavy atom. The van der Waals surface area contributed by atoms with Gasteiger partial charge < -0.3 is 16.6 Å². The Kier molecular flexibility index (Phi) is 4.28. The first-order chi connectivity index (χ1) is 14.2. The Balaban J connectivity index is 1.63. The number of aromatic nitrogens is 2. The van der Waals surface area contributed by atoms with Gasteiger partial charge in [-0.15, -0.1) is 0 Å². The van der Waals surface area contributed by atoms with Crippen molar-refractivity contribution in [3.05, 3.63) is 89.2 Å². The number of aromatic amines is 1. The predicted octanol–water partition coefficient (Wildman–Crippen LogP) is 4.28. The van der Waals surface area contributed by atoms with Crippen LogP contribution in [0.5, 0.6) is 0 Å². The van der Waals surface area contributed by atoms with Crippen molar-refractivity contribution in [3.63, 3.8) is 0 Å². The summed E-state index contributed by atoms with van der Waals surface area (Å²) in [5, 5.41) is 4.81. The van der Waals surface area contributed by atoms with E-state index in [0.29, 0.717) is 12.1 Å². The van der Waals surface area contributed by atoms with Gasteiger partial charge >= 0.3 is 0 Å². The molecule has 5 N–H and O–H groups in total. The van der Waals surface area contributed by atoms with Crippen molar-refractivity contribution in [1.29, 1.82) is 0 Å². The third-order valence-electron chi connectivity index (χ3n) is 5.61. The topological polar surface area (TPSA) is 93.1 Å². The van der Waals surface area contributed by atoms with Gasteiger partial charge in [0.2, 0.25) is 0 Å². The Bertz CT molecular complexity index is 1200. The number of fused-ring (bicyclic) bond motifs is 1. The van der Waals surface area contributed by atoms with Gasteiger partial charge in [0.25, 0.3) is 0 Å². The van der Waals surface area contributed by atoms with Crippen LogP contribution in [0.1, 0.15) is 41.3 Å². The fraction of sp³-hybridized carbons (Fsp3) is 0.167. The molecule has 0 amide bonds. The number of nitrogens with one attached hydrogen (secondary N) is 1. The highest BCUT2D eigenvalue weighted by atomic mass is 15.2. The second-order valence-electron chi connectivity index (χ2n) is 7.63. The first-order valence-electron chi connectivity index (χ1n) is 9.92. The summed E-state index contributed by atoms with van der Waals surface area (Å²) >= 11 is 0. The highest BCUT2D eigenvalue weighted by molar-refractivity contribution is 5.95. The SMILES string of the molecule is N/N=C(\N)c1cccc(Cc2c(-c3ccccc3)[nH]c3cc(C4CC4)ccc23)n1. The maximum atomic E-state index is 5.86. The van der Waals surface area contributed by atoms with Gasteiger partial charge in [-0.25, -0.2) is 4.98 Å². The summed E-state index contributed by atoms with van der Waals surface area (Å²) in [7, 11) is 0. The summed E-state index contributed by atoms with van der Waals surface area (Å²) in [5.74, 6) is 6.29. The molecule has 0 radical (unpaired) electrons. The normalized spacial score (nSPS) is 14.4. The van der Waals surface area contributed by atoms with E-state index in [1.54, 1.807) is 0 Å². The molecule has 0 bridgehead atoms. The van der Waals surface area contributed by atoms with Crippen molar-refractivity contribution < 1.29 is 0 Å². The van der Waals surface area contributed by atoms with Crippen LogP contribution in [0.2, 0.25) is 0 Å². The quantitative estimate of drug-likeness (QED) is 0.208. The van der Waals surface area contributed by atoms with Crippen molar-refractivity contribution in [2.75, 3.05) is 0 Å².